The summed E-state index contributed by atoms with van der Waals surface area (Å²) in [6.07, 6.45) is 1.41. The van der Waals surface area contributed by atoms with E-state index in [2.05, 4.69) is 5.32 Å². The predicted molar refractivity (Wildman–Crippen MR) is 76.6 cm³/mol. The molecule has 0 aliphatic carbocycles. The molecule has 1 rings (SSSR count). The highest BCUT2D eigenvalue weighted by atomic mass is 32.2. The van der Waals surface area contributed by atoms with E-state index in [1.165, 1.54) is 0 Å². The highest BCUT2D eigenvalue weighted by Crippen LogP contribution is 2.03. The van der Waals surface area contributed by atoms with Gasteiger partial charge in [-0.05, 0) is 18.9 Å². The quantitative estimate of drug-likeness (QED) is 0.830. The topological polar surface area (TPSA) is 63.2 Å². The van der Waals surface area contributed by atoms with Crippen molar-refractivity contribution in [2.75, 3.05) is 11.5 Å². The molecule has 1 aromatic carbocycles. The number of hydrogen-bond donors (Lipinski definition) is 1. The van der Waals surface area contributed by atoms with Gasteiger partial charge in [-0.2, -0.15) is 0 Å². The molecule has 0 aliphatic rings. The molecule has 0 bridgehead atoms. The fourth-order valence-electron chi connectivity index (χ4n) is 1.59. The van der Waals surface area contributed by atoms with E-state index in [1.54, 1.807) is 0 Å². The fraction of sp³-hybridized carbons (Fsp3) is 0.500. The monoisotopic (exact) mass is 283 g/mol. The molecular weight excluding hydrogens is 262 g/mol. The van der Waals surface area contributed by atoms with E-state index in [4.69, 9.17) is 0 Å². The first-order chi connectivity index (χ1) is 8.93. The number of nitrogens with one attached hydrogen (secondary N) is 1. The van der Waals surface area contributed by atoms with Gasteiger partial charge in [0, 0.05) is 6.54 Å². The number of carbonyl (C=O) groups excluding carboxylic acids is 1. The van der Waals surface area contributed by atoms with Gasteiger partial charge in [0.15, 0.2) is 9.84 Å². The van der Waals surface area contributed by atoms with Gasteiger partial charge in [-0.1, -0.05) is 43.2 Å². The van der Waals surface area contributed by atoms with Crippen LogP contribution in [0, 0.1) is 6.92 Å². The highest BCUT2D eigenvalue weighted by Gasteiger charge is 2.15. The number of rotatable bonds is 7. The first kappa shape index (κ1) is 15.7. The van der Waals surface area contributed by atoms with Crippen LogP contribution in [0.2, 0.25) is 0 Å². The third-order valence-corrected chi connectivity index (χ3v) is 4.38. The molecule has 0 aliphatic heterocycles. The SMILES string of the molecule is CCCCS(=O)(=O)CC(=O)NCc1ccc(C)cc1. The molecule has 0 atom stereocenters. The van der Waals surface area contributed by atoms with E-state index >= 15 is 0 Å². The maximum absolute atomic E-state index is 11.6. The van der Waals surface area contributed by atoms with Gasteiger partial charge in [0.25, 0.3) is 0 Å². The van der Waals surface area contributed by atoms with Crippen molar-refractivity contribution in [3.05, 3.63) is 35.4 Å². The molecule has 0 spiro atoms. The van der Waals surface area contributed by atoms with Gasteiger partial charge < -0.3 is 5.32 Å². The molecule has 106 valence electrons. The van der Waals surface area contributed by atoms with Crippen LogP contribution in [-0.2, 0) is 21.2 Å². The van der Waals surface area contributed by atoms with Crippen LogP contribution < -0.4 is 5.32 Å². The van der Waals surface area contributed by atoms with Crippen LogP contribution in [0.15, 0.2) is 24.3 Å². The van der Waals surface area contributed by atoms with Crippen LogP contribution in [0.5, 0.6) is 0 Å². The standard InChI is InChI=1S/C14H21NO3S/c1-3-4-9-19(17,18)11-14(16)15-10-13-7-5-12(2)6-8-13/h5-8H,3-4,9-11H2,1-2H3,(H,15,16). The molecule has 1 N–H and O–H groups in total. The smallest absolute Gasteiger partial charge is 0.235 e. The minimum atomic E-state index is -3.27. The second kappa shape index (κ2) is 7.28. The summed E-state index contributed by atoms with van der Waals surface area (Å²) in [6.45, 7) is 4.28. The first-order valence-electron chi connectivity index (χ1n) is 6.45. The number of sulfone groups is 1. The van der Waals surface area contributed by atoms with E-state index in [0.29, 0.717) is 13.0 Å². The lowest BCUT2D eigenvalue weighted by molar-refractivity contribution is -0.118. The van der Waals surface area contributed by atoms with Crippen molar-refractivity contribution in [3.63, 3.8) is 0 Å². The van der Waals surface area contributed by atoms with Crippen LogP contribution in [0.4, 0.5) is 0 Å². The van der Waals surface area contributed by atoms with E-state index in [1.807, 2.05) is 38.1 Å². The van der Waals surface area contributed by atoms with Gasteiger partial charge in [0.2, 0.25) is 5.91 Å². The van der Waals surface area contributed by atoms with Crippen LogP contribution in [-0.4, -0.2) is 25.8 Å². The number of benzene rings is 1. The van der Waals surface area contributed by atoms with Gasteiger partial charge in [0.05, 0.1) is 5.75 Å². The maximum Gasteiger partial charge on any atom is 0.235 e. The van der Waals surface area contributed by atoms with Crippen LogP contribution in [0.1, 0.15) is 30.9 Å². The van der Waals surface area contributed by atoms with Crippen LogP contribution in [0.3, 0.4) is 0 Å². The largest absolute Gasteiger partial charge is 0.351 e. The van der Waals surface area contributed by atoms with Crippen molar-refractivity contribution in [1.82, 2.24) is 5.32 Å². The molecule has 0 heterocycles. The lowest BCUT2D eigenvalue weighted by Crippen LogP contribution is -2.30. The average Bonchev–Trinajstić information content (AvgIpc) is 2.35. The van der Waals surface area contributed by atoms with Crippen molar-refractivity contribution in [3.8, 4) is 0 Å². The minimum Gasteiger partial charge on any atom is -0.351 e. The van der Waals surface area contributed by atoms with Gasteiger partial charge in [0.1, 0.15) is 5.75 Å². The Balaban J connectivity index is 2.41. The van der Waals surface area contributed by atoms with E-state index in [9.17, 15) is 13.2 Å². The number of unbranched alkanes of at least 4 members (excludes halogenated alkanes) is 1. The summed E-state index contributed by atoms with van der Waals surface area (Å²) < 4.78 is 23.2. The van der Waals surface area contributed by atoms with Crippen LogP contribution >= 0.6 is 0 Å². The Bertz CT molecular complexity index is 506. The molecule has 0 fully saturated rings. The molecular formula is C14H21NO3S. The molecule has 1 aromatic rings. The first-order valence-corrected chi connectivity index (χ1v) is 8.28. The molecule has 0 unspecified atom stereocenters. The van der Waals surface area contributed by atoms with Crippen molar-refractivity contribution in [2.45, 2.75) is 33.2 Å². The second-order valence-corrected chi connectivity index (χ2v) is 6.89. The summed E-state index contributed by atoms with van der Waals surface area (Å²) in [5, 5.41) is 2.63. The molecule has 5 heteroatoms. The van der Waals surface area contributed by atoms with Crippen molar-refractivity contribution >= 4 is 15.7 Å². The number of hydrogen-bond acceptors (Lipinski definition) is 3. The Labute approximate surface area is 115 Å². The highest BCUT2D eigenvalue weighted by molar-refractivity contribution is 7.92. The predicted octanol–water partition coefficient (Wildman–Crippen LogP) is 1.83. The van der Waals surface area contributed by atoms with Crippen molar-refractivity contribution in [2.24, 2.45) is 0 Å². The molecule has 1 amide bonds. The van der Waals surface area contributed by atoms with E-state index in [-0.39, 0.29) is 5.75 Å². The van der Waals surface area contributed by atoms with Crippen molar-refractivity contribution < 1.29 is 13.2 Å². The van der Waals surface area contributed by atoms with Gasteiger partial charge >= 0.3 is 0 Å². The Hall–Kier alpha value is -1.36. The fourth-order valence-corrected chi connectivity index (χ4v) is 2.97. The summed E-state index contributed by atoms with van der Waals surface area (Å²) in [6, 6.07) is 7.75. The maximum atomic E-state index is 11.6. The zero-order valence-electron chi connectivity index (χ0n) is 11.5. The second-order valence-electron chi connectivity index (χ2n) is 4.71. The number of carbonyl (C=O) groups is 1. The summed E-state index contributed by atoms with van der Waals surface area (Å²) >= 11 is 0. The molecule has 0 radical (unpaired) electrons. The van der Waals surface area contributed by atoms with Gasteiger partial charge in [-0.3, -0.25) is 4.79 Å². The average molecular weight is 283 g/mol. The zero-order chi connectivity index (χ0) is 14.3. The van der Waals surface area contributed by atoms with E-state index in [0.717, 1.165) is 17.5 Å². The van der Waals surface area contributed by atoms with Crippen molar-refractivity contribution in [1.29, 1.82) is 0 Å². The molecule has 0 saturated carbocycles. The molecule has 0 saturated heterocycles. The number of amides is 1. The minimum absolute atomic E-state index is 0.0848. The Morgan fingerprint density at radius 2 is 1.84 bits per heavy atom. The molecule has 4 nitrogen and oxygen atoms in total. The Kier molecular flexibility index (Phi) is 6.02. The van der Waals surface area contributed by atoms with Gasteiger partial charge in [-0.25, -0.2) is 8.42 Å². The lowest BCUT2D eigenvalue weighted by Gasteiger charge is -2.06. The lowest BCUT2D eigenvalue weighted by atomic mass is 10.1. The number of aryl methyl sites for hydroxylation is 1. The van der Waals surface area contributed by atoms with Crippen LogP contribution in [0.25, 0.3) is 0 Å². The third-order valence-electron chi connectivity index (χ3n) is 2.77. The normalized spacial score (nSPS) is 11.3. The Morgan fingerprint density at radius 3 is 2.42 bits per heavy atom. The van der Waals surface area contributed by atoms with E-state index < -0.39 is 21.5 Å². The molecule has 0 aromatic heterocycles. The Morgan fingerprint density at radius 1 is 1.21 bits per heavy atom. The zero-order valence-corrected chi connectivity index (χ0v) is 12.3. The van der Waals surface area contributed by atoms with Gasteiger partial charge in [-0.15, -0.1) is 0 Å². The molecule has 19 heavy (non-hydrogen) atoms. The summed E-state index contributed by atoms with van der Waals surface area (Å²) in [5.41, 5.74) is 2.11. The summed E-state index contributed by atoms with van der Waals surface area (Å²) in [7, 11) is -3.27. The summed E-state index contributed by atoms with van der Waals surface area (Å²) in [4.78, 5) is 11.6. The summed E-state index contributed by atoms with van der Waals surface area (Å²) in [5.74, 6) is -0.767. The third kappa shape index (κ3) is 6.38.